The highest BCUT2D eigenvalue weighted by Crippen LogP contribution is 2.18. The molecule has 0 bridgehead atoms. The van der Waals surface area contributed by atoms with E-state index < -0.39 is 0 Å². The molecule has 0 amide bonds. The first-order chi connectivity index (χ1) is 4.20. The Hall–Kier alpha value is -0.530. The quantitative estimate of drug-likeness (QED) is 0.458. The van der Waals surface area contributed by atoms with Gasteiger partial charge in [-0.05, 0) is 12.3 Å². The number of cyclic esters (lactones) is 1. The zero-order valence-corrected chi connectivity index (χ0v) is 5.89. The van der Waals surface area contributed by atoms with Crippen molar-refractivity contribution in [2.75, 3.05) is 6.61 Å². The van der Waals surface area contributed by atoms with Gasteiger partial charge < -0.3 is 4.74 Å². The smallest absolute Gasteiger partial charge is 0.308 e. The molecule has 1 aliphatic rings. The van der Waals surface area contributed by atoms with Crippen LogP contribution in [-0.4, -0.2) is 12.6 Å². The Morgan fingerprint density at radius 2 is 2.22 bits per heavy atom. The summed E-state index contributed by atoms with van der Waals surface area (Å²) in [4.78, 5) is 10.7. The molecule has 0 aromatic rings. The lowest BCUT2D eigenvalue weighted by Crippen LogP contribution is -2.26. The van der Waals surface area contributed by atoms with Gasteiger partial charge in [0.1, 0.15) is 0 Å². The van der Waals surface area contributed by atoms with E-state index in [4.69, 9.17) is 4.74 Å². The summed E-state index contributed by atoms with van der Waals surface area (Å²) in [6, 6.07) is 0. The van der Waals surface area contributed by atoms with Crippen molar-refractivity contribution in [1.82, 2.24) is 0 Å². The first kappa shape index (κ1) is 6.59. The molecule has 0 aromatic heterocycles. The van der Waals surface area contributed by atoms with E-state index in [1.165, 1.54) is 0 Å². The van der Waals surface area contributed by atoms with Gasteiger partial charge in [0, 0.05) is 0 Å². The minimum atomic E-state index is -0.0342. The minimum Gasteiger partial charge on any atom is -0.465 e. The van der Waals surface area contributed by atoms with Crippen LogP contribution in [0.15, 0.2) is 0 Å². The molecule has 0 aliphatic carbocycles. The van der Waals surface area contributed by atoms with Crippen molar-refractivity contribution < 1.29 is 9.53 Å². The van der Waals surface area contributed by atoms with E-state index in [1.807, 2.05) is 6.92 Å². The molecule has 1 aliphatic heterocycles. The molecular weight excluding hydrogens is 116 g/mol. The fourth-order valence-corrected chi connectivity index (χ4v) is 1.13. The molecule has 2 atom stereocenters. The second-order valence-corrected chi connectivity index (χ2v) is 2.87. The van der Waals surface area contributed by atoms with Crippen molar-refractivity contribution in [1.29, 1.82) is 0 Å². The van der Waals surface area contributed by atoms with Gasteiger partial charge in [0.2, 0.25) is 0 Å². The summed E-state index contributed by atoms with van der Waals surface area (Å²) in [5.41, 5.74) is 0. The number of hydrogen-bond acceptors (Lipinski definition) is 2. The predicted molar refractivity (Wildman–Crippen MR) is 33.9 cm³/mol. The van der Waals surface area contributed by atoms with E-state index in [9.17, 15) is 4.79 Å². The van der Waals surface area contributed by atoms with Crippen LogP contribution in [0.1, 0.15) is 20.3 Å². The van der Waals surface area contributed by atoms with E-state index in [0.29, 0.717) is 12.5 Å². The molecule has 1 fully saturated rings. The van der Waals surface area contributed by atoms with Crippen LogP contribution in [0.4, 0.5) is 0 Å². The van der Waals surface area contributed by atoms with Crippen LogP contribution in [0.25, 0.3) is 0 Å². The number of esters is 1. The number of rotatable bonds is 0. The summed E-state index contributed by atoms with van der Waals surface area (Å²) in [5.74, 6) is 0.638. The highest BCUT2D eigenvalue weighted by molar-refractivity contribution is 5.72. The van der Waals surface area contributed by atoms with Crippen LogP contribution in [0.2, 0.25) is 0 Å². The lowest BCUT2D eigenvalue weighted by atomic mass is 9.96. The Bertz CT molecular complexity index is 120. The van der Waals surface area contributed by atoms with Crippen LogP contribution in [0.3, 0.4) is 0 Å². The van der Waals surface area contributed by atoms with Crippen LogP contribution in [-0.2, 0) is 9.53 Å². The van der Waals surface area contributed by atoms with Crippen molar-refractivity contribution in [3.05, 3.63) is 0 Å². The molecule has 0 aromatic carbocycles. The molecule has 1 saturated heterocycles. The Morgan fingerprint density at radius 3 is 2.67 bits per heavy atom. The highest BCUT2D eigenvalue weighted by Gasteiger charge is 2.23. The van der Waals surface area contributed by atoms with Gasteiger partial charge in [0.25, 0.3) is 0 Å². The number of carbonyl (C=O) groups excluding carboxylic acids is 1. The molecular formula is C7H12O2. The molecule has 0 radical (unpaired) electrons. The normalized spacial score (nSPS) is 36.0. The van der Waals surface area contributed by atoms with Crippen molar-refractivity contribution in [2.45, 2.75) is 20.3 Å². The molecule has 52 valence electrons. The second-order valence-electron chi connectivity index (χ2n) is 2.87. The summed E-state index contributed by atoms with van der Waals surface area (Å²) >= 11 is 0. The average Bonchev–Trinajstić information content (AvgIpc) is 1.80. The first-order valence-electron chi connectivity index (χ1n) is 3.37. The molecule has 1 unspecified atom stereocenters. The van der Waals surface area contributed by atoms with Gasteiger partial charge in [-0.15, -0.1) is 0 Å². The van der Waals surface area contributed by atoms with E-state index in [-0.39, 0.29) is 11.9 Å². The summed E-state index contributed by atoms with van der Waals surface area (Å²) in [6.45, 7) is 4.63. The van der Waals surface area contributed by atoms with Gasteiger partial charge in [-0.3, -0.25) is 4.79 Å². The Labute approximate surface area is 55.2 Å². The Morgan fingerprint density at radius 1 is 1.56 bits per heavy atom. The number of ether oxygens (including phenoxy) is 1. The topological polar surface area (TPSA) is 26.3 Å². The second kappa shape index (κ2) is 2.38. The standard InChI is InChI=1S/C7H12O2/c1-5-3-6(2)7(8)9-4-5/h5-6H,3-4H2,1-2H3/t5?,6-/m0/s1. The predicted octanol–water partition coefficient (Wildman–Crippen LogP) is 1.21. The highest BCUT2D eigenvalue weighted by atomic mass is 16.5. The van der Waals surface area contributed by atoms with Gasteiger partial charge >= 0.3 is 5.97 Å². The van der Waals surface area contributed by atoms with Crippen molar-refractivity contribution in [3.63, 3.8) is 0 Å². The maximum Gasteiger partial charge on any atom is 0.308 e. The minimum absolute atomic E-state index is 0.0342. The van der Waals surface area contributed by atoms with E-state index in [0.717, 1.165) is 6.42 Å². The molecule has 2 heteroatoms. The van der Waals surface area contributed by atoms with Crippen molar-refractivity contribution in [3.8, 4) is 0 Å². The van der Waals surface area contributed by atoms with Crippen LogP contribution in [0.5, 0.6) is 0 Å². The molecule has 9 heavy (non-hydrogen) atoms. The van der Waals surface area contributed by atoms with Crippen molar-refractivity contribution >= 4 is 5.97 Å². The Balaban J connectivity index is 2.44. The van der Waals surface area contributed by atoms with Crippen LogP contribution in [0, 0.1) is 11.8 Å². The summed E-state index contributed by atoms with van der Waals surface area (Å²) in [7, 11) is 0. The van der Waals surface area contributed by atoms with Gasteiger partial charge in [0.05, 0.1) is 12.5 Å². The maximum atomic E-state index is 10.7. The summed E-state index contributed by atoms with van der Waals surface area (Å²) in [5, 5.41) is 0. The van der Waals surface area contributed by atoms with E-state index in [2.05, 4.69) is 6.92 Å². The van der Waals surface area contributed by atoms with E-state index in [1.54, 1.807) is 0 Å². The fourth-order valence-electron chi connectivity index (χ4n) is 1.13. The molecule has 1 rings (SSSR count). The third-order valence-corrected chi connectivity index (χ3v) is 1.67. The van der Waals surface area contributed by atoms with Gasteiger partial charge in [-0.2, -0.15) is 0 Å². The monoisotopic (exact) mass is 128 g/mol. The van der Waals surface area contributed by atoms with E-state index >= 15 is 0 Å². The zero-order valence-electron chi connectivity index (χ0n) is 5.89. The van der Waals surface area contributed by atoms with Gasteiger partial charge in [0.15, 0.2) is 0 Å². The molecule has 2 nitrogen and oxygen atoms in total. The summed E-state index contributed by atoms with van der Waals surface area (Å²) < 4.78 is 4.86. The average molecular weight is 128 g/mol. The van der Waals surface area contributed by atoms with Crippen LogP contribution < -0.4 is 0 Å². The third-order valence-electron chi connectivity index (χ3n) is 1.67. The number of carbonyl (C=O) groups is 1. The fraction of sp³-hybridized carbons (Fsp3) is 0.857. The third kappa shape index (κ3) is 1.44. The van der Waals surface area contributed by atoms with Crippen LogP contribution >= 0.6 is 0 Å². The first-order valence-corrected chi connectivity index (χ1v) is 3.37. The molecule has 1 heterocycles. The SMILES string of the molecule is CC1COC(=O)[C@@H](C)C1. The summed E-state index contributed by atoms with van der Waals surface area (Å²) in [6.07, 6.45) is 0.985. The molecule has 0 spiro atoms. The van der Waals surface area contributed by atoms with Crippen molar-refractivity contribution in [2.24, 2.45) is 11.8 Å². The number of hydrogen-bond donors (Lipinski definition) is 0. The van der Waals surface area contributed by atoms with Gasteiger partial charge in [-0.1, -0.05) is 13.8 Å². The van der Waals surface area contributed by atoms with Gasteiger partial charge in [-0.25, -0.2) is 0 Å². The Kier molecular flexibility index (Phi) is 1.74. The zero-order chi connectivity index (χ0) is 6.85. The lowest BCUT2D eigenvalue weighted by molar-refractivity contribution is -0.154. The molecule has 0 N–H and O–H groups in total. The largest absolute Gasteiger partial charge is 0.465 e. The molecule has 0 saturated carbocycles. The maximum absolute atomic E-state index is 10.7. The lowest BCUT2D eigenvalue weighted by Gasteiger charge is -2.22.